The molecular weight excluding hydrogens is 431 g/mol. The zero-order valence-electron chi connectivity index (χ0n) is 17.7. The van der Waals surface area contributed by atoms with Gasteiger partial charge in [-0.2, -0.15) is 0 Å². The molecule has 3 aliphatic carbocycles. The Kier molecular flexibility index (Phi) is 6.07. The van der Waals surface area contributed by atoms with E-state index in [2.05, 4.69) is 5.48 Å². The van der Waals surface area contributed by atoms with Crippen LogP contribution in [-0.2, 0) is 9.63 Å². The average Bonchev–Trinajstić information content (AvgIpc) is 3.43. The van der Waals surface area contributed by atoms with E-state index in [0.29, 0.717) is 12.8 Å². The Morgan fingerprint density at radius 2 is 2.03 bits per heavy atom. The highest BCUT2D eigenvalue weighted by Gasteiger charge is 2.63. The number of aliphatic hydroxyl groups excluding tert-OH is 1. The molecule has 3 saturated carbocycles. The van der Waals surface area contributed by atoms with Crippen molar-refractivity contribution < 1.29 is 27.9 Å². The number of aliphatic hydroxyl groups is 1. The van der Waals surface area contributed by atoms with Crippen molar-refractivity contribution in [2.24, 2.45) is 11.3 Å². The van der Waals surface area contributed by atoms with E-state index in [0.717, 1.165) is 37.8 Å². The second-order valence-corrected chi connectivity index (χ2v) is 10.4. The summed E-state index contributed by atoms with van der Waals surface area (Å²) in [7, 11) is 0. The van der Waals surface area contributed by atoms with E-state index < -0.39 is 40.8 Å². The lowest BCUT2D eigenvalue weighted by atomic mass is 9.66. The van der Waals surface area contributed by atoms with Gasteiger partial charge in [-0.05, 0) is 75.3 Å². The summed E-state index contributed by atoms with van der Waals surface area (Å²) in [6, 6.07) is 2.26. The average molecular weight is 460 g/mol. The highest BCUT2D eigenvalue weighted by molar-refractivity contribution is 6.30. The van der Waals surface area contributed by atoms with Gasteiger partial charge < -0.3 is 5.11 Å². The van der Waals surface area contributed by atoms with Crippen LogP contribution in [0.2, 0.25) is 5.02 Å². The number of rotatable bonds is 7. The number of nitrogens with one attached hydrogen (secondary N) is 1. The van der Waals surface area contributed by atoms with Crippen molar-refractivity contribution in [2.45, 2.75) is 81.9 Å². The predicted molar refractivity (Wildman–Crippen MR) is 110 cm³/mol. The van der Waals surface area contributed by atoms with Crippen molar-refractivity contribution in [2.75, 3.05) is 6.61 Å². The van der Waals surface area contributed by atoms with Crippen molar-refractivity contribution in [1.29, 1.82) is 0 Å². The summed E-state index contributed by atoms with van der Waals surface area (Å²) in [5, 5.41) is 9.88. The lowest BCUT2D eigenvalue weighted by Crippen LogP contribution is -2.46. The van der Waals surface area contributed by atoms with E-state index in [4.69, 9.17) is 16.4 Å². The molecule has 3 fully saturated rings. The van der Waals surface area contributed by atoms with E-state index in [1.807, 2.05) is 0 Å². The number of alkyl halides is 1. The van der Waals surface area contributed by atoms with Crippen LogP contribution in [0.15, 0.2) is 12.1 Å². The maximum absolute atomic E-state index is 15.4. The number of carbonyl (C=O) groups excluding carboxylic acids is 1. The van der Waals surface area contributed by atoms with Gasteiger partial charge in [0.1, 0.15) is 22.9 Å². The minimum absolute atomic E-state index is 0.00285. The molecule has 1 aromatic carbocycles. The quantitative estimate of drug-likeness (QED) is 0.426. The maximum Gasteiger partial charge on any atom is 0.246 e. The van der Waals surface area contributed by atoms with Crippen LogP contribution in [0.3, 0.4) is 0 Å². The Bertz CT molecular complexity index is 865. The molecule has 0 saturated heterocycles. The first-order valence-electron chi connectivity index (χ1n) is 11.0. The summed E-state index contributed by atoms with van der Waals surface area (Å²) in [5.74, 6) is -2.67. The van der Waals surface area contributed by atoms with Crippen molar-refractivity contribution in [3.05, 3.63) is 34.4 Å². The molecule has 4 nitrogen and oxygen atoms in total. The smallest absolute Gasteiger partial charge is 0.246 e. The van der Waals surface area contributed by atoms with Crippen molar-refractivity contribution in [1.82, 2.24) is 5.48 Å². The zero-order chi connectivity index (χ0) is 22.4. The molecule has 4 atom stereocenters. The van der Waals surface area contributed by atoms with Crippen molar-refractivity contribution in [3.8, 4) is 0 Å². The molecule has 1 amide bonds. The second-order valence-electron chi connectivity index (χ2n) is 10.0. The number of hydroxylamine groups is 1. The van der Waals surface area contributed by atoms with Gasteiger partial charge in [0.15, 0.2) is 0 Å². The minimum Gasteiger partial charge on any atom is -0.393 e. The first kappa shape index (κ1) is 22.9. The first-order chi connectivity index (χ1) is 14.6. The molecule has 4 rings (SSSR count). The van der Waals surface area contributed by atoms with Gasteiger partial charge in [0.05, 0.1) is 11.6 Å². The zero-order valence-corrected chi connectivity index (χ0v) is 18.4. The van der Waals surface area contributed by atoms with Crippen LogP contribution in [0.1, 0.15) is 76.2 Å². The number of hydrogen-bond acceptors (Lipinski definition) is 3. The van der Waals surface area contributed by atoms with Gasteiger partial charge in [-0.15, -0.1) is 0 Å². The Morgan fingerprint density at radius 3 is 2.68 bits per heavy atom. The molecule has 0 aliphatic heterocycles. The van der Waals surface area contributed by atoms with E-state index >= 15 is 4.39 Å². The molecule has 0 heterocycles. The van der Waals surface area contributed by atoms with E-state index in [-0.39, 0.29) is 41.7 Å². The molecule has 0 radical (unpaired) electrons. The summed E-state index contributed by atoms with van der Waals surface area (Å²) < 4.78 is 44.9. The van der Waals surface area contributed by atoms with Gasteiger partial charge in [0.2, 0.25) is 5.91 Å². The third-order valence-electron chi connectivity index (χ3n) is 7.66. The molecule has 1 aromatic rings. The van der Waals surface area contributed by atoms with Gasteiger partial charge in [-0.1, -0.05) is 24.4 Å². The number of amides is 1. The summed E-state index contributed by atoms with van der Waals surface area (Å²) in [4.78, 5) is 18.1. The standard InChI is InChI=1S/C23H29ClF3NO3/c1-21(13-29,31-28-20(30)14-4-2-3-5-14)11-22-8-9-23(27,12-22)10-15(22)18-17(25)7-6-16(24)19(18)26/h6-7,14-15,29H,2-5,8-13H2,1H3,(H,28,30)/t15-,21?,22+,23+/m1/s1. The number of fused-ring (bicyclic) bond motifs is 2. The fourth-order valence-electron chi connectivity index (χ4n) is 6.19. The highest BCUT2D eigenvalue weighted by atomic mass is 35.5. The van der Waals surface area contributed by atoms with Crippen LogP contribution >= 0.6 is 11.6 Å². The van der Waals surface area contributed by atoms with E-state index in [1.165, 1.54) is 0 Å². The molecule has 3 aliphatic rings. The Labute approximate surface area is 185 Å². The van der Waals surface area contributed by atoms with E-state index in [9.17, 15) is 18.7 Å². The third-order valence-corrected chi connectivity index (χ3v) is 7.95. The largest absolute Gasteiger partial charge is 0.393 e. The summed E-state index contributed by atoms with van der Waals surface area (Å²) in [6.07, 6.45) is 4.58. The normalized spacial score (nSPS) is 32.4. The monoisotopic (exact) mass is 459 g/mol. The summed E-state index contributed by atoms with van der Waals surface area (Å²) >= 11 is 5.91. The molecular formula is C23H29ClF3NO3. The van der Waals surface area contributed by atoms with Crippen molar-refractivity contribution in [3.63, 3.8) is 0 Å². The lowest BCUT2D eigenvalue weighted by molar-refractivity contribution is -0.168. The second kappa shape index (κ2) is 8.23. The molecule has 1 unspecified atom stereocenters. The Balaban J connectivity index is 1.58. The molecule has 2 bridgehead atoms. The lowest BCUT2D eigenvalue weighted by Gasteiger charge is -2.41. The topological polar surface area (TPSA) is 58.6 Å². The van der Waals surface area contributed by atoms with Crippen LogP contribution in [-0.4, -0.2) is 28.9 Å². The molecule has 2 N–H and O–H groups in total. The number of halogens is 4. The van der Waals surface area contributed by atoms with Crippen LogP contribution in [0.25, 0.3) is 0 Å². The van der Waals surface area contributed by atoms with Gasteiger partial charge in [-0.3, -0.25) is 9.63 Å². The molecule has 31 heavy (non-hydrogen) atoms. The molecule has 8 heteroatoms. The fourth-order valence-corrected chi connectivity index (χ4v) is 6.36. The van der Waals surface area contributed by atoms with Crippen LogP contribution in [0.4, 0.5) is 13.2 Å². The summed E-state index contributed by atoms with van der Waals surface area (Å²) in [5.41, 5.74) is -1.26. The van der Waals surface area contributed by atoms with Gasteiger partial charge in [-0.25, -0.2) is 18.7 Å². The summed E-state index contributed by atoms with van der Waals surface area (Å²) in [6.45, 7) is 1.21. The SMILES string of the molecule is CC(CO)(C[C@]12CC[C@](F)(C[C@@H]1c1c(F)ccc(Cl)c1F)C2)ONC(=O)C1CCCC1. The first-order valence-corrected chi connectivity index (χ1v) is 11.4. The Morgan fingerprint density at radius 1 is 1.32 bits per heavy atom. The fraction of sp³-hybridized carbons (Fsp3) is 0.696. The minimum atomic E-state index is -1.52. The number of benzene rings is 1. The van der Waals surface area contributed by atoms with Gasteiger partial charge in [0, 0.05) is 11.5 Å². The maximum atomic E-state index is 15.4. The van der Waals surface area contributed by atoms with E-state index in [1.54, 1.807) is 6.92 Å². The van der Waals surface area contributed by atoms with Crippen LogP contribution in [0.5, 0.6) is 0 Å². The number of hydrogen-bond donors (Lipinski definition) is 2. The molecule has 172 valence electrons. The van der Waals surface area contributed by atoms with Crippen molar-refractivity contribution >= 4 is 17.5 Å². The van der Waals surface area contributed by atoms with Crippen LogP contribution in [0, 0.1) is 23.0 Å². The molecule has 0 aromatic heterocycles. The van der Waals surface area contributed by atoms with Crippen LogP contribution < -0.4 is 5.48 Å². The molecule has 0 spiro atoms. The van der Waals surface area contributed by atoms with Gasteiger partial charge >= 0.3 is 0 Å². The number of carbonyl (C=O) groups is 1. The third kappa shape index (κ3) is 4.21. The van der Waals surface area contributed by atoms with Gasteiger partial charge in [0.25, 0.3) is 0 Å². The Hall–Kier alpha value is -1.31. The highest BCUT2D eigenvalue weighted by Crippen LogP contribution is 2.68. The predicted octanol–water partition coefficient (Wildman–Crippen LogP) is 5.36.